The van der Waals surface area contributed by atoms with E-state index in [2.05, 4.69) is 20.7 Å². The molecule has 0 unspecified atom stereocenters. The average Bonchev–Trinajstić information content (AvgIpc) is 2.69. The van der Waals surface area contributed by atoms with Gasteiger partial charge in [0.25, 0.3) is 0 Å². The van der Waals surface area contributed by atoms with E-state index in [9.17, 15) is 74.6 Å². The molecule has 0 fully saturated rings. The molecule has 0 aliphatic rings. The van der Waals surface area contributed by atoms with E-state index in [1.807, 2.05) is 0 Å². The lowest BCUT2D eigenvalue weighted by Crippen LogP contribution is -2.72. The molecule has 1 aromatic rings. The Morgan fingerprint density at radius 3 is 1.44 bits per heavy atom. The van der Waals surface area contributed by atoms with Crippen molar-refractivity contribution in [2.24, 2.45) is 0 Å². The minimum absolute atomic E-state index is 0.423. The number of rotatable bonds is 8. The summed E-state index contributed by atoms with van der Waals surface area (Å²) in [7, 11) is 0. The molecule has 0 bridgehead atoms. The van der Waals surface area contributed by atoms with Crippen molar-refractivity contribution in [2.45, 2.75) is 41.7 Å². The van der Waals surface area contributed by atoms with Crippen LogP contribution in [0.3, 0.4) is 0 Å². The molecule has 0 spiro atoms. The smallest absolute Gasteiger partial charge is 0.428 e. The molecule has 36 heavy (non-hydrogen) atoms. The summed E-state index contributed by atoms with van der Waals surface area (Å²) in [6, 6.07) is -2.33. The fourth-order valence-electron chi connectivity index (χ4n) is 2.09. The molecule has 1 rings (SSSR count). The first-order valence-electron chi connectivity index (χ1n) is 8.04. The summed E-state index contributed by atoms with van der Waals surface area (Å²) in [6.45, 7) is 0. The van der Waals surface area contributed by atoms with Gasteiger partial charge in [0.15, 0.2) is 0 Å². The normalized spacial score (nSPS) is 15.6. The third-order valence-corrected chi connectivity index (χ3v) is 4.91. The molecule has 4 N–H and O–H groups in total. The van der Waals surface area contributed by atoms with Crippen LogP contribution >= 0.6 is 15.9 Å². The zero-order valence-electron chi connectivity index (χ0n) is 16.0. The maximum atomic E-state index is 13.7. The molecule has 0 heterocycles. The van der Waals surface area contributed by atoms with Crippen LogP contribution in [-0.2, 0) is 0 Å². The number of benzene rings is 1. The van der Waals surface area contributed by atoms with Crippen molar-refractivity contribution >= 4 is 27.3 Å². The highest BCUT2D eigenvalue weighted by atomic mass is 79.9. The molecule has 0 aliphatic heterocycles. The Bertz CT molecular complexity index is 1030. The predicted octanol–water partition coefficient (Wildman–Crippen LogP) is 7.47. The van der Waals surface area contributed by atoms with Crippen LogP contribution in [0.15, 0.2) is 28.4 Å². The van der Waals surface area contributed by atoms with Crippen LogP contribution in [0.2, 0.25) is 0 Å². The lowest BCUT2D eigenvalue weighted by atomic mass is 9.91. The van der Waals surface area contributed by atoms with E-state index in [-0.39, 0.29) is 0 Å². The Morgan fingerprint density at radius 2 is 1.03 bits per heavy atom. The van der Waals surface area contributed by atoms with Crippen molar-refractivity contribution in [1.82, 2.24) is 0 Å². The lowest BCUT2D eigenvalue weighted by molar-refractivity contribution is -0.451. The highest BCUT2D eigenvalue weighted by molar-refractivity contribution is 9.10. The van der Waals surface area contributed by atoms with Crippen LogP contribution in [-0.4, -0.2) is 41.7 Å². The molecule has 0 amide bonds. The van der Waals surface area contributed by atoms with Gasteiger partial charge in [-0.05, 0) is 22.0 Å². The number of hydrogen-bond acceptors (Lipinski definition) is 3. The molecule has 0 atom stereocenters. The number of alkyl halides is 15. The molecule has 0 saturated heterocycles. The standard InChI is InChI=1S/C15H6BrF17N2O/c16-6-4(35)1-3(34)2-5(6)36-8(18)7(17)9(19,20)10(21,22)11(23,24)12(25,26)13(27,28)14(29,30)15(31,32)33/h1-2H,34-35H2. The van der Waals surface area contributed by atoms with Crippen molar-refractivity contribution in [2.75, 3.05) is 11.5 Å². The van der Waals surface area contributed by atoms with Gasteiger partial charge in [-0.15, -0.1) is 0 Å². The molecule has 21 heteroatoms. The van der Waals surface area contributed by atoms with Crippen LogP contribution in [0.5, 0.6) is 5.75 Å². The number of allylic oxidation sites excluding steroid dienone is 1. The third kappa shape index (κ3) is 4.46. The summed E-state index contributed by atoms with van der Waals surface area (Å²) < 4.78 is 227. The number of nitrogens with two attached hydrogens (primary N) is 2. The van der Waals surface area contributed by atoms with Gasteiger partial charge in [-0.3, -0.25) is 0 Å². The lowest BCUT2D eigenvalue weighted by Gasteiger charge is -2.41. The highest BCUT2D eigenvalue weighted by Crippen LogP contribution is 2.63. The van der Waals surface area contributed by atoms with Crippen LogP contribution < -0.4 is 16.2 Å². The van der Waals surface area contributed by atoms with Crippen LogP contribution in [0, 0.1) is 0 Å². The molecule has 0 radical (unpaired) electrons. The second kappa shape index (κ2) is 8.89. The summed E-state index contributed by atoms with van der Waals surface area (Å²) in [4.78, 5) is 0. The van der Waals surface area contributed by atoms with Crippen LogP contribution in [0.4, 0.5) is 86.0 Å². The average molecular weight is 633 g/mol. The molecular formula is C15H6BrF17N2O. The molecule has 0 saturated carbocycles. The molecule has 3 nitrogen and oxygen atoms in total. The van der Waals surface area contributed by atoms with Crippen molar-refractivity contribution in [1.29, 1.82) is 0 Å². The molecule has 0 aromatic heterocycles. The summed E-state index contributed by atoms with van der Waals surface area (Å²) in [5.41, 5.74) is 9.38. The monoisotopic (exact) mass is 632 g/mol. The quantitative estimate of drug-likeness (QED) is 0.178. The van der Waals surface area contributed by atoms with E-state index in [4.69, 9.17) is 11.5 Å². The number of anilines is 2. The molecule has 208 valence electrons. The van der Waals surface area contributed by atoms with E-state index >= 15 is 0 Å². The highest BCUT2D eigenvalue weighted by Gasteiger charge is 2.93. The fourth-order valence-corrected chi connectivity index (χ4v) is 2.39. The minimum Gasteiger partial charge on any atom is -0.428 e. The van der Waals surface area contributed by atoms with Gasteiger partial charge in [0.2, 0.25) is 5.83 Å². The first kappa shape index (κ1) is 31.7. The molecular weight excluding hydrogens is 627 g/mol. The predicted molar refractivity (Wildman–Crippen MR) is 88.6 cm³/mol. The number of halogens is 18. The van der Waals surface area contributed by atoms with Gasteiger partial charge in [0, 0.05) is 11.8 Å². The third-order valence-electron chi connectivity index (χ3n) is 4.07. The zero-order chi connectivity index (χ0) is 29.1. The van der Waals surface area contributed by atoms with Gasteiger partial charge < -0.3 is 16.2 Å². The molecule has 1 aromatic carbocycles. The van der Waals surface area contributed by atoms with E-state index < -0.39 is 75.1 Å². The Kier molecular flexibility index (Phi) is 7.82. The van der Waals surface area contributed by atoms with Crippen molar-refractivity contribution in [3.8, 4) is 5.75 Å². The second-order valence-electron chi connectivity index (χ2n) is 6.56. The topological polar surface area (TPSA) is 61.3 Å². The Morgan fingerprint density at radius 1 is 0.639 bits per heavy atom. The summed E-state index contributed by atoms with van der Waals surface area (Å²) in [5, 5.41) is 0. The Labute approximate surface area is 195 Å². The van der Waals surface area contributed by atoms with E-state index in [1.165, 1.54) is 0 Å². The Balaban J connectivity index is 3.65. The van der Waals surface area contributed by atoms with Gasteiger partial charge in [0.05, 0.1) is 10.2 Å². The first-order chi connectivity index (χ1) is 15.6. The van der Waals surface area contributed by atoms with E-state index in [1.54, 1.807) is 0 Å². The number of ether oxygens (including phenoxy) is 1. The van der Waals surface area contributed by atoms with Gasteiger partial charge >= 0.3 is 47.7 Å². The summed E-state index contributed by atoms with van der Waals surface area (Å²) in [5.74, 6) is -55.6. The SMILES string of the molecule is Nc1cc(N)c(Br)c(OC(F)=C(F)C(F)(F)C(F)(F)C(F)(F)C(F)(F)C(F)(F)C(F)(F)C(F)(F)F)c1. The number of nitrogen functional groups attached to an aromatic ring is 2. The fraction of sp³-hybridized carbons (Fsp3) is 0.467. The maximum Gasteiger partial charge on any atom is 0.460 e. The summed E-state index contributed by atoms with van der Waals surface area (Å²) in [6.07, 6.45) is -7.80. The van der Waals surface area contributed by atoms with Crippen LogP contribution in [0.1, 0.15) is 0 Å². The number of hydrogen-bond donors (Lipinski definition) is 2. The summed E-state index contributed by atoms with van der Waals surface area (Å²) >= 11 is 2.48. The van der Waals surface area contributed by atoms with E-state index in [0.717, 1.165) is 6.07 Å². The van der Waals surface area contributed by atoms with Crippen molar-refractivity contribution < 1.29 is 79.4 Å². The molecule has 0 aliphatic carbocycles. The largest absolute Gasteiger partial charge is 0.460 e. The van der Waals surface area contributed by atoms with Gasteiger partial charge in [-0.25, -0.2) is 0 Å². The Hall–Kier alpha value is -2.35. The van der Waals surface area contributed by atoms with Gasteiger partial charge in [-0.2, -0.15) is 74.6 Å². The maximum absolute atomic E-state index is 13.7. The first-order valence-corrected chi connectivity index (χ1v) is 8.83. The zero-order valence-corrected chi connectivity index (χ0v) is 17.6. The van der Waals surface area contributed by atoms with Crippen LogP contribution in [0.25, 0.3) is 0 Å². The minimum atomic E-state index is -8.66. The van der Waals surface area contributed by atoms with Gasteiger partial charge in [0.1, 0.15) is 5.75 Å². The van der Waals surface area contributed by atoms with Gasteiger partial charge in [-0.1, -0.05) is 0 Å². The van der Waals surface area contributed by atoms with Crippen molar-refractivity contribution in [3.63, 3.8) is 0 Å². The second-order valence-corrected chi connectivity index (χ2v) is 7.35. The van der Waals surface area contributed by atoms with Crippen molar-refractivity contribution in [3.05, 3.63) is 28.4 Å². The van der Waals surface area contributed by atoms with E-state index in [0.29, 0.717) is 6.07 Å².